The van der Waals surface area contributed by atoms with Crippen LogP contribution in [0, 0.1) is 5.41 Å². The van der Waals surface area contributed by atoms with Gasteiger partial charge in [-0.3, -0.25) is 5.41 Å². The molecule has 1 rings (SSSR count). The summed E-state index contributed by atoms with van der Waals surface area (Å²) < 4.78 is 5.41. The number of hydrogen-bond acceptors (Lipinski definition) is 2. The van der Waals surface area contributed by atoms with Gasteiger partial charge >= 0.3 is 0 Å². The van der Waals surface area contributed by atoms with Crippen molar-refractivity contribution in [2.45, 2.75) is 6.92 Å². The Morgan fingerprint density at radius 1 is 1.46 bits per heavy atom. The van der Waals surface area contributed by atoms with E-state index < -0.39 is 0 Å². The molecular formula is C10H14N2O. The van der Waals surface area contributed by atoms with Gasteiger partial charge in [-0.2, -0.15) is 0 Å². The van der Waals surface area contributed by atoms with Crippen molar-refractivity contribution in [1.82, 2.24) is 0 Å². The highest BCUT2D eigenvalue weighted by atomic mass is 16.5. The van der Waals surface area contributed by atoms with Crippen molar-refractivity contribution in [3.05, 3.63) is 24.3 Å². The van der Waals surface area contributed by atoms with E-state index >= 15 is 0 Å². The Morgan fingerprint density at radius 3 is 2.77 bits per heavy atom. The predicted molar refractivity (Wildman–Crippen MR) is 54.8 cm³/mol. The predicted octanol–water partition coefficient (Wildman–Crippen LogP) is 2.13. The Bertz CT molecular complexity index is 286. The van der Waals surface area contributed by atoms with E-state index in [-0.39, 0.29) is 0 Å². The van der Waals surface area contributed by atoms with E-state index in [4.69, 9.17) is 10.1 Å². The minimum atomic E-state index is 0.642. The number of ether oxygens (including phenoxy) is 1. The monoisotopic (exact) mass is 178 g/mol. The highest BCUT2D eigenvalue weighted by molar-refractivity contribution is 5.79. The highest BCUT2D eigenvalue weighted by Crippen LogP contribution is 2.25. The first-order chi connectivity index (χ1) is 6.29. The van der Waals surface area contributed by atoms with Gasteiger partial charge in [0.25, 0.3) is 0 Å². The van der Waals surface area contributed by atoms with Crippen molar-refractivity contribution in [1.29, 1.82) is 5.41 Å². The zero-order valence-electron chi connectivity index (χ0n) is 7.95. The second-order valence-electron chi connectivity index (χ2n) is 2.64. The quantitative estimate of drug-likeness (QED) is 0.566. The molecule has 70 valence electrons. The van der Waals surface area contributed by atoms with Gasteiger partial charge in [0.2, 0.25) is 0 Å². The Hall–Kier alpha value is -1.51. The maximum Gasteiger partial charge on any atom is 0.142 e. The van der Waals surface area contributed by atoms with Crippen molar-refractivity contribution in [3.63, 3.8) is 0 Å². The Labute approximate surface area is 78.4 Å². The van der Waals surface area contributed by atoms with E-state index in [2.05, 4.69) is 0 Å². The third-order valence-electron chi connectivity index (χ3n) is 1.74. The van der Waals surface area contributed by atoms with Gasteiger partial charge < -0.3 is 9.64 Å². The van der Waals surface area contributed by atoms with Crippen LogP contribution in [0.4, 0.5) is 5.69 Å². The maximum absolute atomic E-state index is 7.12. The molecule has 0 bridgehead atoms. The number of nitrogens with one attached hydrogen (secondary N) is 1. The number of para-hydroxylation sites is 2. The van der Waals surface area contributed by atoms with Crippen LogP contribution in [0.25, 0.3) is 0 Å². The number of hydrogen-bond donors (Lipinski definition) is 1. The molecule has 1 aromatic rings. The summed E-state index contributed by atoms with van der Waals surface area (Å²) in [5, 5.41) is 7.12. The minimum Gasteiger partial charge on any atom is -0.492 e. The van der Waals surface area contributed by atoms with Crippen molar-refractivity contribution in [2.75, 3.05) is 18.6 Å². The molecule has 0 aliphatic rings. The van der Waals surface area contributed by atoms with Gasteiger partial charge in [0.15, 0.2) is 0 Å². The molecule has 0 aliphatic heterocycles. The molecule has 3 nitrogen and oxygen atoms in total. The van der Waals surface area contributed by atoms with E-state index in [0.29, 0.717) is 6.61 Å². The van der Waals surface area contributed by atoms with Gasteiger partial charge in [0.1, 0.15) is 5.75 Å². The third kappa shape index (κ3) is 2.21. The van der Waals surface area contributed by atoms with Crippen LogP contribution in [0.1, 0.15) is 6.92 Å². The van der Waals surface area contributed by atoms with Crippen LogP contribution in [-0.2, 0) is 0 Å². The molecule has 1 aromatic carbocycles. The number of rotatable bonds is 4. The van der Waals surface area contributed by atoms with Gasteiger partial charge in [0, 0.05) is 7.05 Å². The van der Waals surface area contributed by atoms with Gasteiger partial charge in [-0.15, -0.1) is 0 Å². The van der Waals surface area contributed by atoms with Gasteiger partial charge in [0.05, 0.1) is 18.6 Å². The smallest absolute Gasteiger partial charge is 0.142 e. The standard InChI is InChI=1S/C10H14N2O/c1-3-13-10-7-5-4-6-9(10)12(2)8-11/h4-8,11H,3H2,1-2H3. The van der Waals surface area contributed by atoms with Crippen LogP contribution >= 0.6 is 0 Å². The van der Waals surface area contributed by atoms with Gasteiger partial charge in [-0.05, 0) is 19.1 Å². The molecule has 1 N–H and O–H groups in total. The molecule has 0 spiro atoms. The van der Waals surface area contributed by atoms with E-state index in [1.807, 2.05) is 38.2 Å². The summed E-state index contributed by atoms with van der Waals surface area (Å²) in [5.41, 5.74) is 0.916. The molecule has 0 saturated heterocycles. The molecule has 0 atom stereocenters. The first-order valence-electron chi connectivity index (χ1n) is 4.24. The molecule has 0 radical (unpaired) electrons. The topological polar surface area (TPSA) is 36.3 Å². The summed E-state index contributed by atoms with van der Waals surface area (Å²) in [6.45, 7) is 2.59. The van der Waals surface area contributed by atoms with Crippen LogP contribution in [0.15, 0.2) is 24.3 Å². The lowest BCUT2D eigenvalue weighted by atomic mass is 10.3. The number of anilines is 1. The fourth-order valence-electron chi connectivity index (χ4n) is 1.10. The average Bonchev–Trinajstić information content (AvgIpc) is 2.18. The summed E-state index contributed by atoms with van der Waals surface area (Å²) in [6.07, 6.45) is 1.26. The number of nitrogens with zero attached hydrogens (tertiary/aromatic N) is 1. The first-order valence-corrected chi connectivity index (χ1v) is 4.24. The largest absolute Gasteiger partial charge is 0.492 e. The zero-order valence-corrected chi connectivity index (χ0v) is 7.95. The second-order valence-corrected chi connectivity index (χ2v) is 2.64. The molecule has 0 amide bonds. The van der Waals surface area contributed by atoms with Crippen LogP contribution < -0.4 is 9.64 Å². The zero-order chi connectivity index (χ0) is 9.68. The van der Waals surface area contributed by atoms with E-state index in [1.54, 1.807) is 4.90 Å². The van der Waals surface area contributed by atoms with Crippen molar-refractivity contribution in [2.24, 2.45) is 0 Å². The molecule has 13 heavy (non-hydrogen) atoms. The maximum atomic E-state index is 7.12. The lowest BCUT2D eigenvalue weighted by molar-refractivity contribution is 0.341. The minimum absolute atomic E-state index is 0.642. The molecule has 0 heterocycles. The Balaban J connectivity index is 2.96. The molecule has 0 saturated carbocycles. The fourth-order valence-corrected chi connectivity index (χ4v) is 1.10. The van der Waals surface area contributed by atoms with Crippen molar-refractivity contribution in [3.8, 4) is 5.75 Å². The molecule has 0 fully saturated rings. The fraction of sp³-hybridized carbons (Fsp3) is 0.300. The third-order valence-corrected chi connectivity index (χ3v) is 1.74. The molecular weight excluding hydrogens is 164 g/mol. The van der Waals surface area contributed by atoms with Crippen LogP contribution in [-0.4, -0.2) is 20.0 Å². The van der Waals surface area contributed by atoms with Gasteiger partial charge in [-0.25, -0.2) is 0 Å². The van der Waals surface area contributed by atoms with Crippen LogP contribution in [0.3, 0.4) is 0 Å². The Kier molecular flexibility index (Phi) is 3.31. The summed E-state index contributed by atoms with van der Waals surface area (Å²) in [7, 11) is 1.82. The lowest BCUT2D eigenvalue weighted by Gasteiger charge is -2.16. The van der Waals surface area contributed by atoms with Crippen molar-refractivity contribution >= 4 is 12.0 Å². The van der Waals surface area contributed by atoms with Crippen molar-refractivity contribution < 1.29 is 4.74 Å². The molecule has 0 aliphatic carbocycles. The van der Waals surface area contributed by atoms with E-state index in [0.717, 1.165) is 11.4 Å². The summed E-state index contributed by atoms with van der Waals surface area (Å²) in [5.74, 6) is 0.816. The number of benzene rings is 1. The van der Waals surface area contributed by atoms with Crippen LogP contribution in [0.5, 0.6) is 5.75 Å². The molecule has 3 heteroatoms. The van der Waals surface area contributed by atoms with E-state index in [1.165, 1.54) is 6.34 Å². The summed E-state index contributed by atoms with van der Waals surface area (Å²) in [6, 6.07) is 7.68. The first kappa shape index (κ1) is 9.58. The molecule has 0 unspecified atom stereocenters. The Morgan fingerprint density at radius 2 is 2.15 bits per heavy atom. The SMILES string of the molecule is CCOc1ccccc1N(C)C=N. The molecule has 0 aromatic heterocycles. The van der Waals surface area contributed by atoms with Crippen LogP contribution in [0.2, 0.25) is 0 Å². The lowest BCUT2D eigenvalue weighted by Crippen LogP contribution is -2.14. The second kappa shape index (κ2) is 4.50. The van der Waals surface area contributed by atoms with E-state index in [9.17, 15) is 0 Å². The average molecular weight is 178 g/mol. The summed E-state index contributed by atoms with van der Waals surface area (Å²) >= 11 is 0. The highest BCUT2D eigenvalue weighted by Gasteiger charge is 2.04. The van der Waals surface area contributed by atoms with Gasteiger partial charge in [-0.1, -0.05) is 12.1 Å². The normalized spacial score (nSPS) is 9.38. The summed E-state index contributed by atoms with van der Waals surface area (Å²) in [4.78, 5) is 1.71.